The van der Waals surface area contributed by atoms with Gasteiger partial charge in [-0.1, -0.05) is 24.3 Å². The highest BCUT2D eigenvalue weighted by Gasteiger charge is 2.07. The van der Waals surface area contributed by atoms with Crippen LogP contribution in [0.4, 0.5) is 0 Å². The molecule has 0 aliphatic carbocycles. The zero-order valence-electron chi connectivity index (χ0n) is 10.2. The van der Waals surface area contributed by atoms with E-state index in [1.165, 1.54) is 11.1 Å². The van der Waals surface area contributed by atoms with E-state index in [4.69, 9.17) is 0 Å². The van der Waals surface area contributed by atoms with E-state index in [1.54, 1.807) is 7.05 Å². The van der Waals surface area contributed by atoms with Crippen LogP contribution in [0.15, 0.2) is 24.3 Å². The van der Waals surface area contributed by atoms with E-state index >= 15 is 0 Å². The van der Waals surface area contributed by atoms with Gasteiger partial charge in [0.05, 0.1) is 0 Å². The van der Waals surface area contributed by atoms with Gasteiger partial charge >= 0.3 is 0 Å². The zero-order valence-corrected chi connectivity index (χ0v) is 10.2. The summed E-state index contributed by atoms with van der Waals surface area (Å²) in [4.78, 5) is 11.0. The lowest BCUT2D eigenvalue weighted by Gasteiger charge is -2.16. The minimum Gasteiger partial charge on any atom is -0.359 e. The molecule has 0 spiro atoms. The fourth-order valence-corrected chi connectivity index (χ4v) is 1.71. The summed E-state index contributed by atoms with van der Waals surface area (Å²) in [5.41, 5.74) is 2.57. The van der Waals surface area contributed by atoms with Crippen LogP contribution in [0.5, 0.6) is 0 Å². The van der Waals surface area contributed by atoms with Crippen molar-refractivity contribution < 1.29 is 4.79 Å². The van der Waals surface area contributed by atoms with Crippen molar-refractivity contribution in [2.24, 2.45) is 0 Å². The molecule has 0 bridgehead atoms. The molecule has 1 atom stereocenters. The van der Waals surface area contributed by atoms with Crippen molar-refractivity contribution in [3.8, 4) is 0 Å². The van der Waals surface area contributed by atoms with E-state index in [-0.39, 0.29) is 11.9 Å². The summed E-state index contributed by atoms with van der Waals surface area (Å²) in [7, 11) is 1.66. The molecule has 0 fully saturated rings. The highest BCUT2D eigenvalue weighted by molar-refractivity contribution is 5.75. The summed E-state index contributed by atoms with van der Waals surface area (Å²) in [6, 6.07) is 8.58. The van der Waals surface area contributed by atoms with E-state index in [1.807, 2.05) is 12.1 Å². The maximum absolute atomic E-state index is 11.0. The van der Waals surface area contributed by atoms with Gasteiger partial charge in [-0.05, 0) is 25.0 Å². The Kier molecular flexibility index (Phi) is 4.99. The van der Waals surface area contributed by atoms with Crippen molar-refractivity contribution in [2.45, 2.75) is 26.3 Å². The molecule has 0 saturated carbocycles. The second-order valence-electron chi connectivity index (χ2n) is 3.96. The van der Waals surface area contributed by atoms with Crippen molar-refractivity contribution in [1.82, 2.24) is 10.6 Å². The predicted molar refractivity (Wildman–Crippen MR) is 66.3 cm³/mol. The molecule has 88 valence electrons. The maximum Gasteiger partial charge on any atom is 0.221 e. The average Bonchev–Trinajstić information content (AvgIpc) is 2.29. The van der Waals surface area contributed by atoms with E-state index in [2.05, 4.69) is 36.6 Å². The molecule has 0 radical (unpaired) electrons. The van der Waals surface area contributed by atoms with Crippen LogP contribution in [-0.2, 0) is 4.79 Å². The van der Waals surface area contributed by atoms with Crippen LogP contribution < -0.4 is 10.6 Å². The van der Waals surface area contributed by atoms with Gasteiger partial charge in [-0.15, -0.1) is 0 Å². The first-order valence-corrected chi connectivity index (χ1v) is 5.64. The lowest BCUT2D eigenvalue weighted by atomic mass is 10.0. The second kappa shape index (κ2) is 6.28. The topological polar surface area (TPSA) is 41.1 Å². The predicted octanol–water partition coefficient (Wildman–Crippen LogP) is 1.78. The molecule has 0 heterocycles. The quantitative estimate of drug-likeness (QED) is 0.794. The number of hydrogen-bond donors (Lipinski definition) is 2. The Labute approximate surface area is 97.2 Å². The Bertz CT molecular complexity index is 350. The van der Waals surface area contributed by atoms with Crippen LogP contribution in [0.1, 0.15) is 30.5 Å². The average molecular weight is 220 g/mol. The third-order valence-corrected chi connectivity index (χ3v) is 2.74. The van der Waals surface area contributed by atoms with Gasteiger partial charge < -0.3 is 10.6 Å². The minimum atomic E-state index is 0.0736. The zero-order chi connectivity index (χ0) is 12.0. The van der Waals surface area contributed by atoms with Crippen molar-refractivity contribution in [3.63, 3.8) is 0 Å². The monoisotopic (exact) mass is 220 g/mol. The van der Waals surface area contributed by atoms with Crippen LogP contribution in [0, 0.1) is 6.92 Å². The van der Waals surface area contributed by atoms with Crippen molar-refractivity contribution in [1.29, 1.82) is 0 Å². The SMILES string of the molecule is CNC(=O)CCNC(C)c1ccccc1C. The minimum absolute atomic E-state index is 0.0736. The molecule has 1 aromatic rings. The standard InChI is InChI=1S/C13H20N2O/c1-10-6-4-5-7-12(10)11(2)15-9-8-13(16)14-3/h4-7,11,15H,8-9H2,1-3H3,(H,14,16). The molecule has 16 heavy (non-hydrogen) atoms. The van der Waals surface area contributed by atoms with Gasteiger partial charge in [0.25, 0.3) is 0 Å². The summed E-state index contributed by atoms with van der Waals surface area (Å²) in [6.07, 6.45) is 0.521. The number of rotatable bonds is 5. The molecule has 1 unspecified atom stereocenters. The Morgan fingerprint density at radius 1 is 1.38 bits per heavy atom. The molecule has 3 heteroatoms. The van der Waals surface area contributed by atoms with Crippen molar-refractivity contribution in [3.05, 3.63) is 35.4 Å². The first-order valence-electron chi connectivity index (χ1n) is 5.64. The third-order valence-electron chi connectivity index (χ3n) is 2.74. The molecule has 1 aromatic carbocycles. The third kappa shape index (κ3) is 3.66. The van der Waals surface area contributed by atoms with Gasteiger partial charge in [0.1, 0.15) is 0 Å². The number of aryl methyl sites for hydroxylation is 1. The van der Waals surface area contributed by atoms with Crippen molar-refractivity contribution >= 4 is 5.91 Å². The fraction of sp³-hybridized carbons (Fsp3) is 0.462. The van der Waals surface area contributed by atoms with Crippen LogP contribution in [-0.4, -0.2) is 19.5 Å². The number of nitrogens with one attached hydrogen (secondary N) is 2. The molecular weight excluding hydrogens is 200 g/mol. The number of carbonyl (C=O) groups excluding carboxylic acids is 1. The molecule has 0 saturated heterocycles. The van der Waals surface area contributed by atoms with Gasteiger partial charge in [0, 0.05) is 26.1 Å². The molecule has 1 rings (SSSR count). The Balaban J connectivity index is 2.44. The Morgan fingerprint density at radius 3 is 2.69 bits per heavy atom. The number of hydrogen-bond acceptors (Lipinski definition) is 2. The van der Waals surface area contributed by atoms with E-state index < -0.39 is 0 Å². The maximum atomic E-state index is 11.0. The van der Waals surface area contributed by atoms with Gasteiger partial charge in [-0.3, -0.25) is 4.79 Å². The highest BCUT2D eigenvalue weighted by atomic mass is 16.1. The summed E-state index contributed by atoms with van der Waals surface area (Å²) in [6.45, 7) is 4.92. The van der Waals surface area contributed by atoms with E-state index in [9.17, 15) is 4.79 Å². The number of benzene rings is 1. The smallest absolute Gasteiger partial charge is 0.221 e. The molecule has 2 N–H and O–H groups in total. The first-order chi connectivity index (χ1) is 7.65. The van der Waals surface area contributed by atoms with Crippen LogP contribution >= 0.6 is 0 Å². The number of carbonyl (C=O) groups is 1. The van der Waals surface area contributed by atoms with Crippen LogP contribution in [0.3, 0.4) is 0 Å². The van der Waals surface area contributed by atoms with Crippen LogP contribution in [0.2, 0.25) is 0 Å². The molecule has 0 aliphatic rings. The van der Waals surface area contributed by atoms with Gasteiger partial charge in [-0.2, -0.15) is 0 Å². The van der Waals surface area contributed by atoms with E-state index in [0.717, 1.165) is 0 Å². The number of amides is 1. The van der Waals surface area contributed by atoms with Gasteiger partial charge in [-0.25, -0.2) is 0 Å². The van der Waals surface area contributed by atoms with Crippen LogP contribution in [0.25, 0.3) is 0 Å². The first kappa shape index (κ1) is 12.7. The van der Waals surface area contributed by atoms with E-state index in [0.29, 0.717) is 13.0 Å². The Hall–Kier alpha value is -1.35. The molecule has 0 aliphatic heterocycles. The summed E-state index contributed by atoms with van der Waals surface area (Å²) >= 11 is 0. The van der Waals surface area contributed by atoms with Gasteiger partial charge in [0.15, 0.2) is 0 Å². The van der Waals surface area contributed by atoms with Gasteiger partial charge in [0.2, 0.25) is 5.91 Å². The molecule has 3 nitrogen and oxygen atoms in total. The normalized spacial score (nSPS) is 12.2. The molecule has 0 aromatic heterocycles. The second-order valence-corrected chi connectivity index (χ2v) is 3.96. The largest absolute Gasteiger partial charge is 0.359 e. The summed E-state index contributed by atoms with van der Waals surface area (Å²) in [5, 5.41) is 5.96. The highest BCUT2D eigenvalue weighted by Crippen LogP contribution is 2.16. The lowest BCUT2D eigenvalue weighted by Crippen LogP contribution is -2.26. The Morgan fingerprint density at radius 2 is 2.06 bits per heavy atom. The van der Waals surface area contributed by atoms with Crippen molar-refractivity contribution in [2.75, 3.05) is 13.6 Å². The fourth-order valence-electron chi connectivity index (χ4n) is 1.71. The lowest BCUT2D eigenvalue weighted by molar-refractivity contribution is -0.120. The molecular formula is C13H20N2O. The summed E-state index contributed by atoms with van der Waals surface area (Å²) < 4.78 is 0. The summed E-state index contributed by atoms with van der Waals surface area (Å²) in [5.74, 6) is 0.0736. The molecule has 1 amide bonds.